The summed E-state index contributed by atoms with van der Waals surface area (Å²) in [6, 6.07) is 0. The van der Waals surface area contributed by atoms with E-state index >= 15 is 0 Å². The van der Waals surface area contributed by atoms with Crippen molar-refractivity contribution in [1.82, 2.24) is 20.0 Å². The van der Waals surface area contributed by atoms with Gasteiger partial charge in [-0.2, -0.15) is 4.31 Å². The van der Waals surface area contributed by atoms with Gasteiger partial charge in [0.15, 0.2) is 9.84 Å². The average molecular weight is 457 g/mol. The SMILES string of the molecule is CC(C)C[C@@H](C(=O)N1CCN(S(C)(=O)=O)CC1)[C@@H](CNCS(C)(=O)=O)C(=O)NO. The Balaban J connectivity index is 2.98. The number of carbonyl (C=O) groups is 2. The van der Waals surface area contributed by atoms with Gasteiger partial charge in [-0.25, -0.2) is 22.3 Å². The molecule has 0 aromatic heterocycles. The van der Waals surface area contributed by atoms with Crippen LogP contribution in [0.25, 0.3) is 0 Å². The molecule has 0 radical (unpaired) electrons. The van der Waals surface area contributed by atoms with Gasteiger partial charge < -0.3 is 10.2 Å². The highest BCUT2D eigenvalue weighted by Crippen LogP contribution is 2.24. The Bertz CT molecular complexity index is 775. The molecule has 0 bridgehead atoms. The van der Waals surface area contributed by atoms with Crippen LogP contribution in [-0.2, 0) is 29.4 Å². The van der Waals surface area contributed by atoms with Crippen LogP contribution in [0.3, 0.4) is 0 Å². The van der Waals surface area contributed by atoms with E-state index in [9.17, 15) is 26.4 Å². The van der Waals surface area contributed by atoms with Gasteiger partial charge in [-0.1, -0.05) is 13.8 Å². The highest BCUT2D eigenvalue weighted by atomic mass is 32.2. The standard InChI is InChI=1S/C16H32N4O7S2/c1-12(2)9-13(14(15(21)18-23)10-17-11-28(3,24)25)16(22)19-5-7-20(8-6-19)29(4,26)27/h12-14,17,23H,5-11H2,1-4H3,(H,18,21)/t13-,14-/m1/s1. The molecular weight excluding hydrogens is 424 g/mol. The first-order valence-electron chi connectivity index (χ1n) is 9.32. The molecule has 1 heterocycles. The Morgan fingerprint density at radius 1 is 1.00 bits per heavy atom. The Morgan fingerprint density at radius 3 is 1.97 bits per heavy atom. The van der Waals surface area contributed by atoms with Gasteiger partial charge >= 0.3 is 0 Å². The van der Waals surface area contributed by atoms with E-state index in [0.29, 0.717) is 6.42 Å². The summed E-state index contributed by atoms with van der Waals surface area (Å²) >= 11 is 0. The summed E-state index contributed by atoms with van der Waals surface area (Å²) in [5, 5.41) is 11.8. The number of hydrogen-bond acceptors (Lipinski definition) is 8. The monoisotopic (exact) mass is 456 g/mol. The summed E-state index contributed by atoms with van der Waals surface area (Å²) in [4.78, 5) is 26.9. The van der Waals surface area contributed by atoms with Crippen molar-refractivity contribution in [3.8, 4) is 0 Å². The molecule has 13 heteroatoms. The van der Waals surface area contributed by atoms with Gasteiger partial charge in [0, 0.05) is 39.0 Å². The van der Waals surface area contributed by atoms with Crippen LogP contribution in [0.5, 0.6) is 0 Å². The largest absolute Gasteiger partial charge is 0.340 e. The van der Waals surface area contributed by atoms with Crippen molar-refractivity contribution < 1.29 is 31.6 Å². The molecule has 0 unspecified atom stereocenters. The van der Waals surface area contributed by atoms with Crippen molar-refractivity contribution in [3.05, 3.63) is 0 Å². The molecule has 170 valence electrons. The normalized spacial score (nSPS) is 18.5. The first kappa shape index (κ1) is 25.8. The number of nitrogens with zero attached hydrogens (tertiary/aromatic N) is 2. The maximum atomic E-state index is 13.2. The first-order valence-corrected chi connectivity index (χ1v) is 13.2. The highest BCUT2D eigenvalue weighted by molar-refractivity contribution is 7.90. The Hall–Kier alpha value is -1.28. The van der Waals surface area contributed by atoms with Crippen LogP contribution in [0, 0.1) is 17.8 Å². The summed E-state index contributed by atoms with van der Waals surface area (Å²) < 4.78 is 47.3. The molecule has 1 rings (SSSR count). The fourth-order valence-electron chi connectivity index (χ4n) is 3.32. The van der Waals surface area contributed by atoms with Gasteiger partial charge in [0.1, 0.15) is 0 Å². The number of piperazine rings is 1. The zero-order chi connectivity index (χ0) is 22.4. The number of amides is 2. The third-order valence-corrected chi connectivity index (χ3v) is 6.75. The second-order valence-corrected chi connectivity index (χ2v) is 12.0. The van der Waals surface area contributed by atoms with Crippen LogP contribution in [0.2, 0.25) is 0 Å². The molecule has 3 N–H and O–H groups in total. The zero-order valence-electron chi connectivity index (χ0n) is 17.3. The van der Waals surface area contributed by atoms with Crippen molar-refractivity contribution >= 4 is 31.7 Å². The van der Waals surface area contributed by atoms with Crippen molar-refractivity contribution in [2.24, 2.45) is 17.8 Å². The number of sulfonamides is 1. The number of rotatable bonds is 10. The molecule has 0 aromatic rings. The van der Waals surface area contributed by atoms with E-state index in [0.717, 1.165) is 12.5 Å². The smallest absolute Gasteiger partial charge is 0.248 e. The zero-order valence-corrected chi connectivity index (χ0v) is 18.9. The molecule has 0 saturated carbocycles. The molecule has 29 heavy (non-hydrogen) atoms. The minimum Gasteiger partial charge on any atom is -0.340 e. The van der Waals surface area contributed by atoms with Gasteiger partial charge in [0.25, 0.3) is 0 Å². The average Bonchev–Trinajstić information content (AvgIpc) is 2.61. The molecule has 1 saturated heterocycles. The van der Waals surface area contributed by atoms with Crippen molar-refractivity contribution in [2.75, 3.05) is 51.1 Å². The van der Waals surface area contributed by atoms with E-state index in [4.69, 9.17) is 5.21 Å². The van der Waals surface area contributed by atoms with Crippen molar-refractivity contribution in [2.45, 2.75) is 20.3 Å². The molecule has 0 aromatic carbocycles. The number of hydrogen-bond donors (Lipinski definition) is 3. The molecule has 0 spiro atoms. The molecule has 11 nitrogen and oxygen atoms in total. The lowest BCUT2D eigenvalue weighted by molar-refractivity contribution is -0.146. The second kappa shape index (κ2) is 10.7. The summed E-state index contributed by atoms with van der Waals surface area (Å²) in [6.07, 6.45) is 2.50. The maximum absolute atomic E-state index is 13.2. The Kier molecular flexibility index (Phi) is 9.47. The first-order chi connectivity index (χ1) is 13.3. The van der Waals surface area contributed by atoms with Crippen LogP contribution < -0.4 is 10.8 Å². The fraction of sp³-hybridized carbons (Fsp3) is 0.875. The van der Waals surface area contributed by atoms with Crippen molar-refractivity contribution in [1.29, 1.82) is 0 Å². The van der Waals surface area contributed by atoms with Crippen LogP contribution in [0.15, 0.2) is 0 Å². The summed E-state index contributed by atoms with van der Waals surface area (Å²) in [5.41, 5.74) is 1.56. The van der Waals surface area contributed by atoms with E-state index in [1.165, 1.54) is 9.21 Å². The minimum absolute atomic E-state index is 0.0603. The number of carbonyl (C=O) groups excluding carboxylic acids is 2. The lowest BCUT2D eigenvalue weighted by Gasteiger charge is -2.37. The van der Waals surface area contributed by atoms with Gasteiger partial charge in [-0.05, 0) is 12.3 Å². The van der Waals surface area contributed by atoms with E-state index < -0.39 is 37.6 Å². The van der Waals surface area contributed by atoms with Crippen LogP contribution in [0.1, 0.15) is 20.3 Å². The van der Waals surface area contributed by atoms with Gasteiger partial charge in [0.2, 0.25) is 21.8 Å². The molecular formula is C16H32N4O7S2. The molecule has 1 fully saturated rings. The van der Waals surface area contributed by atoms with Crippen molar-refractivity contribution in [3.63, 3.8) is 0 Å². The number of hydroxylamine groups is 1. The van der Waals surface area contributed by atoms with Gasteiger partial charge in [-0.3, -0.25) is 14.8 Å². The quantitative estimate of drug-likeness (QED) is 0.264. The summed E-state index contributed by atoms with van der Waals surface area (Å²) in [7, 11) is -6.67. The lowest BCUT2D eigenvalue weighted by atomic mass is 9.83. The summed E-state index contributed by atoms with van der Waals surface area (Å²) in [6.45, 7) is 4.41. The third kappa shape index (κ3) is 8.54. The van der Waals surface area contributed by atoms with E-state index in [1.807, 2.05) is 13.8 Å². The molecule has 2 amide bonds. The molecule has 1 aliphatic rings. The third-order valence-electron chi connectivity index (χ3n) is 4.72. The second-order valence-electron chi connectivity index (χ2n) is 7.83. The predicted octanol–water partition coefficient (Wildman–Crippen LogP) is -1.53. The number of sulfone groups is 1. The van der Waals surface area contributed by atoms with E-state index in [1.54, 1.807) is 5.48 Å². The molecule has 1 aliphatic heterocycles. The highest BCUT2D eigenvalue weighted by Gasteiger charge is 2.38. The lowest BCUT2D eigenvalue weighted by Crippen LogP contribution is -2.54. The van der Waals surface area contributed by atoms with Crippen LogP contribution >= 0.6 is 0 Å². The summed E-state index contributed by atoms with van der Waals surface area (Å²) in [5.74, 6) is -3.17. The number of nitrogens with one attached hydrogen (secondary N) is 2. The predicted molar refractivity (Wildman–Crippen MR) is 107 cm³/mol. The van der Waals surface area contributed by atoms with Crippen LogP contribution in [-0.4, -0.2) is 94.2 Å². The minimum atomic E-state index is -3.34. The maximum Gasteiger partial charge on any atom is 0.248 e. The Morgan fingerprint density at radius 2 is 1.55 bits per heavy atom. The topological polar surface area (TPSA) is 153 Å². The van der Waals surface area contributed by atoms with Gasteiger partial charge in [0.05, 0.1) is 24.0 Å². The Labute approximate surface area is 172 Å². The molecule has 0 aliphatic carbocycles. The fourth-order valence-corrected chi connectivity index (χ4v) is 4.64. The van der Waals surface area contributed by atoms with E-state index in [-0.39, 0.29) is 50.4 Å². The molecule has 2 atom stereocenters. The van der Waals surface area contributed by atoms with Crippen LogP contribution in [0.4, 0.5) is 0 Å². The van der Waals surface area contributed by atoms with E-state index in [2.05, 4.69) is 5.32 Å². The van der Waals surface area contributed by atoms with Gasteiger partial charge in [-0.15, -0.1) is 0 Å².